The summed E-state index contributed by atoms with van der Waals surface area (Å²) in [6.07, 6.45) is 7.79. The number of ether oxygens (including phenoxy) is 1. The van der Waals surface area contributed by atoms with E-state index < -0.39 is 5.60 Å². The van der Waals surface area contributed by atoms with Crippen molar-refractivity contribution in [3.8, 4) is 0 Å². The molecule has 132 valence electrons. The van der Waals surface area contributed by atoms with Gasteiger partial charge in [-0.15, -0.1) is 0 Å². The summed E-state index contributed by atoms with van der Waals surface area (Å²) in [6.45, 7) is 1.76. The molecule has 4 fully saturated rings. The second-order valence-electron chi connectivity index (χ2n) is 9.11. The number of rotatable bonds is 2. The van der Waals surface area contributed by atoms with Crippen LogP contribution >= 0.6 is 0 Å². The van der Waals surface area contributed by atoms with E-state index in [1.165, 1.54) is 19.3 Å². The first-order chi connectivity index (χ1) is 11.9. The summed E-state index contributed by atoms with van der Waals surface area (Å²) >= 11 is 0. The van der Waals surface area contributed by atoms with Crippen LogP contribution in [0.15, 0.2) is 24.3 Å². The van der Waals surface area contributed by atoms with E-state index in [2.05, 4.69) is 5.32 Å². The molecule has 6 rings (SSSR count). The molecule has 1 N–H and O–H groups in total. The van der Waals surface area contributed by atoms with E-state index in [0.29, 0.717) is 12.0 Å². The largest absolute Gasteiger partial charge is 0.445 e. The minimum Gasteiger partial charge on any atom is -0.445 e. The summed E-state index contributed by atoms with van der Waals surface area (Å²) in [5, 5.41) is 3.37. The number of carbonyl (C=O) groups excluding carboxylic acids is 2. The minimum atomic E-state index is -1.10. The van der Waals surface area contributed by atoms with Gasteiger partial charge in [-0.05, 0) is 74.8 Å². The maximum Gasteiger partial charge on any atom is 0.339 e. The van der Waals surface area contributed by atoms with Crippen LogP contribution in [0, 0.1) is 17.8 Å². The SMILES string of the molecule is CC1(C(=O)NC23CC4CC(CC(C4)C2)C3)Cc2ccccc2C(=O)O1. The Hall–Kier alpha value is -1.84. The van der Waals surface area contributed by atoms with Gasteiger partial charge >= 0.3 is 5.97 Å². The third kappa shape index (κ3) is 2.41. The van der Waals surface area contributed by atoms with Gasteiger partial charge in [0.15, 0.2) is 5.60 Å². The van der Waals surface area contributed by atoms with E-state index in [1.807, 2.05) is 18.2 Å². The Morgan fingerprint density at radius 1 is 1.08 bits per heavy atom. The molecule has 4 heteroatoms. The number of cyclic esters (lactones) is 1. The molecule has 4 nitrogen and oxygen atoms in total. The van der Waals surface area contributed by atoms with Crippen molar-refractivity contribution in [1.29, 1.82) is 0 Å². The van der Waals surface area contributed by atoms with Crippen LogP contribution in [0.4, 0.5) is 0 Å². The normalized spacial score (nSPS) is 41.2. The molecule has 4 bridgehead atoms. The summed E-state index contributed by atoms with van der Waals surface area (Å²) in [5.41, 5.74) is 0.331. The third-order valence-electron chi connectivity index (χ3n) is 6.98. The fourth-order valence-electron chi connectivity index (χ4n) is 6.30. The monoisotopic (exact) mass is 339 g/mol. The number of carbonyl (C=O) groups is 2. The number of hydrogen-bond donors (Lipinski definition) is 1. The zero-order valence-corrected chi connectivity index (χ0v) is 14.7. The lowest BCUT2D eigenvalue weighted by molar-refractivity contribution is -0.145. The highest BCUT2D eigenvalue weighted by Gasteiger charge is 2.53. The molecule has 25 heavy (non-hydrogen) atoms. The van der Waals surface area contributed by atoms with E-state index in [4.69, 9.17) is 4.74 Å². The van der Waals surface area contributed by atoms with Crippen molar-refractivity contribution >= 4 is 11.9 Å². The quantitative estimate of drug-likeness (QED) is 0.842. The first-order valence-corrected chi connectivity index (χ1v) is 9.59. The molecule has 1 amide bonds. The zero-order valence-electron chi connectivity index (χ0n) is 14.7. The molecule has 0 radical (unpaired) electrons. The van der Waals surface area contributed by atoms with Crippen molar-refractivity contribution < 1.29 is 14.3 Å². The van der Waals surface area contributed by atoms with Gasteiger partial charge in [-0.2, -0.15) is 0 Å². The fraction of sp³-hybridized carbons (Fsp3) is 0.619. The Morgan fingerprint density at radius 2 is 1.68 bits per heavy atom. The molecule has 1 aromatic rings. The van der Waals surface area contributed by atoms with Crippen LogP contribution < -0.4 is 5.32 Å². The van der Waals surface area contributed by atoms with Crippen LogP contribution in [-0.4, -0.2) is 23.0 Å². The Balaban J connectivity index is 1.39. The van der Waals surface area contributed by atoms with Gasteiger partial charge in [0.05, 0.1) is 5.56 Å². The highest BCUT2D eigenvalue weighted by Crippen LogP contribution is 2.55. The highest BCUT2D eigenvalue weighted by atomic mass is 16.6. The third-order valence-corrected chi connectivity index (χ3v) is 6.98. The van der Waals surface area contributed by atoms with Crippen LogP contribution in [0.25, 0.3) is 0 Å². The number of esters is 1. The smallest absolute Gasteiger partial charge is 0.339 e. The molecule has 5 aliphatic rings. The molecule has 4 aliphatic carbocycles. The Bertz CT molecular complexity index is 720. The van der Waals surface area contributed by atoms with Crippen molar-refractivity contribution in [2.75, 3.05) is 0 Å². The molecule has 1 heterocycles. The van der Waals surface area contributed by atoms with Gasteiger partial charge in [0.1, 0.15) is 0 Å². The van der Waals surface area contributed by atoms with Crippen LogP contribution in [0.5, 0.6) is 0 Å². The van der Waals surface area contributed by atoms with Gasteiger partial charge in [0.2, 0.25) is 0 Å². The first-order valence-electron chi connectivity index (χ1n) is 9.59. The lowest BCUT2D eigenvalue weighted by Gasteiger charge is -2.57. The molecular weight excluding hydrogens is 314 g/mol. The summed E-state index contributed by atoms with van der Waals surface area (Å²) < 4.78 is 5.63. The Labute approximate surface area is 148 Å². The number of benzene rings is 1. The van der Waals surface area contributed by atoms with Crippen molar-refractivity contribution in [2.24, 2.45) is 17.8 Å². The number of nitrogens with one attached hydrogen (secondary N) is 1. The van der Waals surface area contributed by atoms with E-state index in [-0.39, 0.29) is 17.4 Å². The molecular formula is C21H25NO3. The number of fused-ring (bicyclic) bond motifs is 1. The van der Waals surface area contributed by atoms with E-state index in [0.717, 1.165) is 42.6 Å². The second kappa shape index (κ2) is 5.09. The second-order valence-corrected chi connectivity index (χ2v) is 9.11. The van der Waals surface area contributed by atoms with E-state index in [9.17, 15) is 9.59 Å². The lowest BCUT2D eigenvalue weighted by atomic mass is 9.53. The van der Waals surface area contributed by atoms with Gasteiger partial charge in [-0.3, -0.25) is 4.79 Å². The summed E-state index contributed by atoms with van der Waals surface area (Å²) in [5.74, 6) is 1.82. The van der Waals surface area contributed by atoms with Crippen LogP contribution in [0.3, 0.4) is 0 Å². The van der Waals surface area contributed by atoms with Gasteiger partial charge in [0, 0.05) is 12.0 Å². The van der Waals surface area contributed by atoms with Gasteiger partial charge in [-0.1, -0.05) is 18.2 Å². The summed E-state index contributed by atoms with van der Waals surface area (Å²) in [6, 6.07) is 7.44. The van der Waals surface area contributed by atoms with Crippen LogP contribution in [-0.2, 0) is 16.0 Å². The molecule has 1 aromatic carbocycles. The highest BCUT2D eigenvalue weighted by molar-refractivity contribution is 5.97. The van der Waals surface area contributed by atoms with Crippen LogP contribution in [0.2, 0.25) is 0 Å². The van der Waals surface area contributed by atoms with E-state index in [1.54, 1.807) is 13.0 Å². The van der Waals surface area contributed by atoms with E-state index >= 15 is 0 Å². The van der Waals surface area contributed by atoms with Gasteiger partial charge in [-0.25, -0.2) is 4.79 Å². The molecule has 0 saturated heterocycles. The molecule has 4 saturated carbocycles. The van der Waals surface area contributed by atoms with Crippen molar-refractivity contribution in [1.82, 2.24) is 5.32 Å². The predicted molar refractivity (Wildman–Crippen MR) is 93.0 cm³/mol. The lowest BCUT2D eigenvalue weighted by Crippen LogP contribution is -2.64. The summed E-state index contributed by atoms with van der Waals surface area (Å²) in [7, 11) is 0. The van der Waals surface area contributed by atoms with Crippen molar-refractivity contribution in [3.05, 3.63) is 35.4 Å². The number of hydrogen-bond acceptors (Lipinski definition) is 3. The Morgan fingerprint density at radius 3 is 2.32 bits per heavy atom. The molecule has 0 aromatic heterocycles. The van der Waals surface area contributed by atoms with Gasteiger partial charge in [0.25, 0.3) is 5.91 Å². The number of amides is 1. The molecule has 0 spiro atoms. The average molecular weight is 339 g/mol. The maximum absolute atomic E-state index is 13.2. The van der Waals surface area contributed by atoms with Crippen molar-refractivity contribution in [3.63, 3.8) is 0 Å². The maximum atomic E-state index is 13.2. The topological polar surface area (TPSA) is 55.4 Å². The van der Waals surface area contributed by atoms with Crippen LogP contribution in [0.1, 0.15) is 61.4 Å². The first kappa shape index (κ1) is 15.4. The minimum absolute atomic E-state index is 0.0573. The standard InChI is InChI=1S/C21H25NO3/c1-20(12-16-4-2-3-5-17(16)18(23)25-20)19(24)22-21-9-13-6-14(10-21)8-15(7-13)11-21/h2-5,13-15H,6-12H2,1H3,(H,22,24). The molecule has 1 unspecified atom stereocenters. The fourth-order valence-corrected chi connectivity index (χ4v) is 6.30. The molecule has 1 aliphatic heterocycles. The average Bonchev–Trinajstić information content (AvgIpc) is 2.53. The predicted octanol–water partition coefficient (Wildman–Crippen LogP) is 3.24. The molecule has 1 atom stereocenters. The van der Waals surface area contributed by atoms with Gasteiger partial charge < -0.3 is 10.1 Å². The van der Waals surface area contributed by atoms with Crippen molar-refractivity contribution in [2.45, 2.75) is 63.0 Å². The zero-order chi connectivity index (χ0) is 17.2. The summed E-state index contributed by atoms with van der Waals surface area (Å²) in [4.78, 5) is 25.5. The Kier molecular flexibility index (Phi) is 3.14.